The van der Waals surface area contributed by atoms with Gasteiger partial charge < -0.3 is 15.0 Å². The third-order valence-corrected chi connectivity index (χ3v) is 10.3. The van der Waals surface area contributed by atoms with Crippen molar-refractivity contribution in [3.05, 3.63) is 155 Å². The summed E-state index contributed by atoms with van der Waals surface area (Å²) in [6.07, 6.45) is 0.184. The Bertz CT molecular complexity index is 2000. The maximum atomic E-state index is 14.6. The fraction of sp³-hybridized carbons (Fsp3) is 0.179. The number of hydrogen-bond acceptors (Lipinski definition) is 5. The maximum Gasteiger partial charge on any atom is 0.264 e. The number of halogens is 2. The molecule has 1 atom stereocenters. The quantitative estimate of drug-likeness (QED) is 0.125. The number of carbonyl (C=O) groups excluding carboxylic acids is 2. The van der Waals surface area contributed by atoms with Crippen LogP contribution >= 0.6 is 23.2 Å². The number of anilines is 1. The van der Waals surface area contributed by atoms with Gasteiger partial charge in [-0.05, 0) is 85.6 Å². The molecule has 0 bridgehead atoms. The van der Waals surface area contributed by atoms with Crippen LogP contribution < -0.4 is 14.4 Å². The number of ether oxygens (including phenoxy) is 1. The largest absolute Gasteiger partial charge is 0.457 e. The zero-order chi connectivity index (χ0) is 35.7. The minimum Gasteiger partial charge on any atom is -0.457 e. The minimum atomic E-state index is -4.26. The van der Waals surface area contributed by atoms with Crippen LogP contribution in [0.15, 0.2) is 138 Å². The lowest BCUT2D eigenvalue weighted by Gasteiger charge is -2.34. The number of sulfonamides is 1. The second-order valence-electron chi connectivity index (χ2n) is 11.9. The number of carbonyl (C=O) groups is 2. The first kappa shape index (κ1) is 36.5. The molecule has 1 N–H and O–H groups in total. The van der Waals surface area contributed by atoms with Gasteiger partial charge in [0.25, 0.3) is 10.0 Å². The highest BCUT2D eigenvalue weighted by atomic mass is 35.5. The van der Waals surface area contributed by atoms with Gasteiger partial charge in [0.05, 0.1) is 20.6 Å². The van der Waals surface area contributed by atoms with Crippen molar-refractivity contribution >= 4 is 50.7 Å². The predicted octanol–water partition coefficient (Wildman–Crippen LogP) is 8.15. The number of nitrogens with zero attached hydrogens (tertiary/aromatic N) is 2. The van der Waals surface area contributed by atoms with Crippen molar-refractivity contribution in [2.24, 2.45) is 0 Å². The van der Waals surface area contributed by atoms with Crippen LogP contribution in [0.1, 0.15) is 25.0 Å². The van der Waals surface area contributed by atoms with Gasteiger partial charge in [0, 0.05) is 19.0 Å². The van der Waals surface area contributed by atoms with E-state index in [4.69, 9.17) is 27.9 Å². The van der Waals surface area contributed by atoms with Crippen molar-refractivity contribution < 1.29 is 22.7 Å². The summed E-state index contributed by atoms with van der Waals surface area (Å²) >= 11 is 12.6. The van der Waals surface area contributed by atoms with E-state index in [1.165, 1.54) is 17.0 Å². The first-order valence-corrected chi connectivity index (χ1v) is 18.2. The highest BCUT2D eigenvalue weighted by Crippen LogP contribution is 2.29. The summed E-state index contributed by atoms with van der Waals surface area (Å²) in [5.41, 5.74) is 1.68. The molecule has 258 valence electrons. The summed E-state index contributed by atoms with van der Waals surface area (Å²) in [4.78, 5) is 29.9. The number of nitrogens with one attached hydrogen (secondary N) is 1. The van der Waals surface area contributed by atoms with E-state index in [9.17, 15) is 18.0 Å². The van der Waals surface area contributed by atoms with Crippen molar-refractivity contribution in [3.8, 4) is 11.5 Å². The fourth-order valence-electron chi connectivity index (χ4n) is 5.32. The first-order valence-electron chi connectivity index (χ1n) is 16.0. The van der Waals surface area contributed by atoms with Gasteiger partial charge in [-0.3, -0.25) is 13.9 Å². The molecule has 0 radical (unpaired) electrons. The van der Waals surface area contributed by atoms with E-state index in [-0.39, 0.29) is 40.5 Å². The van der Waals surface area contributed by atoms with Crippen LogP contribution in [0, 0.1) is 0 Å². The number of para-hydroxylation sites is 1. The molecule has 2 amide bonds. The van der Waals surface area contributed by atoms with Gasteiger partial charge in [0.15, 0.2) is 0 Å². The van der Waals surface area contributed by atoms with E-state index in [0.717, 1.165) is 9.87 Å². The van der Waals surface area contributed by atoms with Crippen LogP contribution in [0.2, 0.25) is 10.0 Å². The molecule has 0 spiro atoms. The highest BCUT2D eigenvalue weighted by molar-refractivity contribution is 7.92. The molecule has 0 aliphatic carbocycles. The van der Waals surface area contributed by atoms with E-state index in [1.54, 1.807) is 60.7 Å². The van der Waals surface area contributed by atoms with Gasteiger partial charge in [0.1, 0.15) is 24.1 Å². The number of amides is 2. The Morgan fingerprint density at radius 1 is 0.720 bits per heavy atom. The van der Waals surface area contributed by atoms with Crippen molar-refractivity contribution in [3.63, 3.8) is 0 Å². The van der Waals surface area contributed by atoms with Gasteiger partial charge >= 0.3 is 0 Å². The molecule has 0 saturated heterocycles. The molecule has 0 aliphatic heterocycles. The summed E-state index contributed by atoms with van der Waals surface area (Å²) in [5.74, 6) is 0.126. The molecule has 0 fully saturated rings. The van der Waals surface area contributed by atoms with Gasteiger partial charge in [-0.25, -0.2) is 8.42 Å². The lowest BCUT2D eigenvalue weighted by Crippen LogP contribution is -2.54. The Kier molecular flexibility index (Phi) is 12.2. The number of rotatable bonds is 14. The van der Waals surface area contributed by atoms with E-state index in [1.807, 2.05) is 74.5 Å². The summed E-state index contributed by atoms with van der Waals surface area (Å²) < 4.78 is 35.5. The van der Waals surface area contributed by atoms with Crippen LogP contribution in [-0.2, 0) is 32.6 Å². The van der Waals surface area contributed by atoms with E-state index < -0.39 is 28.5 Å². The van der Waals surface area contributed by atoms with Gasteiger partial charge in [0.2, 0.25) is 11.8 Å². The molecule has 8 nitrogen and oxygen atoms in total. The first-order chi connectivity index (χ1) is 24.0. The fourth-order valence-corrected chi connectivity index (χ4v) is 7.08. The van der Waals surface area contributed by atoms with Crippen LogP contribution in [0.4, 0.5) is 5.69 Å². The van der Waals surface area contributed by atoms with Crippen molar-refractivity contribution in [1.82, 2.24) is 10.2 Å². The van der Waals surface area contributed by atoms with Crippen LogP contribution in [-0.4, -0.2) is 43.8 Å². The zero-order valence-corrected chi connectivity index (χ0v) is 29.9. The van der Waals surface area contributed by atoms with Gasteiger partial charge in [-0.1, -0.05) is 96.0 Å². The summed E-state index contributed by atoms with van der Waals surface area (Å²) in [6.45, 7) is 3.03. The minimum absolute atomic E-state index is 0.00633. The van der Waals surface area contributed by atoms with E-state index in [2.05, 4.69) is 5.32 Å². The second kappa shape index (κ2) is 16.7. The maximum absolute atomic E-state index is 14.6. The number of benzene rings is 5. The Labute approximate surface area is 303 Å². The molecule has 0 heterocycles. The Balaban J connectivity index is 1.56. The second-order valence-corrected chi connectivity index (χ2v) is 14.5. The topological polar surface area (TPSA) is 96.0 Å². The molecule has 5 aromatic rings. The third-order valence-electron chi connectivity index (χ3n) is 7.75. The van der Waals surface area contributed by atoms with Crippen molar-refractivity contribution in [2.75, 3.05) is 10.8 Å². The molecule has 50 heavy (non-hydrogen) atoms. The normalized spacial score (nSPS) is 11.9. The summed E-state index contributed by atoms with van der Waals surface area (Å²) in [6, 6.07) is 36.6. The van der Waals surface area contributed by atoms with Crippen LogP contribution in [0.25, 0.3) is 0 Å². The lowest BCUT2D eigenvalue weighted by atomic mass is 10.0. The molecule has 11 heteroatoms. The van der Waals surface area contributed by atoms with E-state index >= 15 is 0 Å². The van der Waals surface area contributed by atoms with Crippen molar-refractivity contribution in [1.29, 1.82) is 0 Å². The third kappa shape index (κ3) is 9.44. The van der Waals surface area contributed by atoms with E-state index in [0.29, 0.717) is 22.1 Å². The molecule has 0 aromatic heterocycles. The summed E-state index contributed by atoms with van der Waals surface area (Å²) in [7, 11) is -4.26. The SMILES string of the molecule is CC(C)NC(=O)C(Cc1ccccc1)N(Cc1ccc(Cl)c(Cl)c1)C(=O)CN(c1ccc(Oc2ccccc2)cc1)S(=O)(=O)c1ccccc1. The lowest BCUT2D eigenvalue weighted by molar-refractivity contribution is -0.140. The van der Waals surface area contributed by atoms with Crippen LogP contribution in [0.3, 0.4) is 0 Å². The van der Waals surface area contributed by atoms with Gasteiger partial charge in [-0.15, -0.1) is 0 Å². The zero-order valence-electron chi connectivity index (χ0n) is 27.6. The molecule has 0 saturated carbocycles. The molecular weight excluding hydrogens is 693 g/mol. The Hall–Kier alpha value is -4.83. The smallest absolute Gasteiger partial charge is 0.264 e. The summed E-state index contributed by atoms with van der Waals surface area (Å²) in [5, 5.41) is 3.57. The Morgan fingerprint density at radius 3 is 1.90 bits per heavy atom. The average Bonchev–Trinajstić information content (AvgIpc) is 3.11. The Morgan fingerprint density at radius 2 is 1.30 bits per heavy atom. The number of hydrogen-bond donors (Lipinski definition) is 1. The molecule has 0 aliphatic rings. The molecule has 5 aromatic carbocycles. The molecular formula is C39H37Cl2N3O5S. The molecule has 1 unspecified atom stereocenters. The monoisotopic (exact) mass is 729 g/mol. The highest BCUT2D eigenvalue weighted by Gasteiger charge is 2.35. The van der Waals surface area contributed by atoms with Crippen LogP contribution in [0.5, 0.6) is 11.5 Å². The molecule has 5 rings (SSSR count). The van der Waals surface area contributed by atoms with Gasteiger partial charge in [-0.2, -0.15) is 0 Å². The standard InChI is InChI=1S/C39H37Cl2N3O5S/c1-28(2)42-39(46)37(25-29-12-6-3-7-13-29)43(26-30-18-23-35(40)36(41)24-30)38(45)27-44(50(47,48)34-16-10-5-11-17-34)31-19-21-33(22-20-31)49-32-14-8-4-9-15-32/h3-24,28,37H,25-27H2,1-2H3,(H,42,46). The van der Waals surface area contributed by atoms with Crippen molar-refractivity contribution in [2.45, 2.75) is 43.8 Å². The average molecular weight is 731 g/mol. The predicted molar refractivity (Wildman–Crippen MR) is 198 cm³/mol.